The molecule has 28 heteroatoms. The highest BCUT2D eigenvalue weighted by atomic mass is 16.8. The molecule has 6 aliphatic carbocycles. The van der Waals surface area contributed by atoms with Crippen molar-refractivity contribution in [2.45, 2.75) is 290 Å². The summed E-state index contributed by atoms with van der Waals surface area (Å²) in [6, 6.07) is 0. The van der Waals surface area contributed by atoms with Crippen LogP contribution in [0.4, 0.5) is 0 Å². The summed E-state index contributed by atoms with van der Waals surface area (Å²) in [6.07, 6.45) is -35.9. The quantitative estimate of drug-likeness (QED) is 0.0644. The summed E-state index contributed by atoms with van der Waals surface area (Å²) >= 11 is 0. The van der Waals surface area contributed by atoms with Gasteiger partial charge in [-0.2, -0.15) is 0 Å². The Morgan fingerprint density at radius 3 is 1.52 bits per heavy atom. The first-order valence-corrected chi connectivity index (χ1v) is 31.9. The lowest BCUT2D eigenvalue weighted by atomic mass is 9.41. The maximum Gasteiger partial charge on any atom is 0.187 e. The highest BCUT2D eigenvalue weighted by Crippen LogP contribution is 2.89. The highest BCUT2D eigenvalue weighted by Gasteiger charge is 2.83. The van der Waals surface area contributed by atoms with Crippen LogP contribution < -0.4 is 0 Å². The lowest BCUT2D eigenvalue weighted by Crippen LogP contribution is -2.66. The zero-order valence-corrected chi connectivity index (χ0v) is 51.1. The highest BCUT2D eigenvalue weighted by molar-refractivity contribution is 5.31. The van der Waals surface area contributed by atoms with Crippen LogP contribution in [0.5, 0.6) is 0 Å². The van der Waals surface area contributed by atoms with Crippen molar-refractivity contribution in [3.8, 4) is 0 Å². The van der Waals surface area contributed by atoms with E-state index in [1.54, 1.807) is 13.8 Å². The Morgan fingerprint density at radius 2 is 0.943 bits per heavy atom. The molecule has 11 rings (SSSR count). The molecule has 17 unspecified atom stereocenters. The number of fused-ring (bicyclic) bond motifs is 2. The van der Waals surface area contributed by atoms with Crippen molar-refractivity contribution in [3.63, 3.8) is 0 Å². The van der Waals surface area contributed by atoms with Gasteiger partial charge in [0.05, 0.1) is 62.5 Å². The van der Waals surface area contributed by atoms with Gasteiger partial charge in [0, 0.05) is 17.3 Å². The van der Waals surface area contributed by atoms with Crippen LogP contribution in [0.2, 0.25) is 0 Å². The Bertz CT molecular complexity index is 2390. The summed E-state index contributed by atoms with van der Waals surface area (Å²) in [5.41, 5.74) is -3.46. The van der Waals surface area contributed by atoms with Gasteiger partial charge < -0.3 is 139 Å². The molecule has 5 saturated heterocycles. The maximum atomic E-state index is 12.6. The second-order valence-corrected chi connectivity index (χ2v) is 29.5. The number of rotatable bonds is 16. The Morgan fingerprint density at radius 1 is 0.455 bits per heavy atom. The summed E-state index contributed by atoms with van der Waals surface area (Å²) in [4.78, 5) is 0. The van der Waals surface area contributed by atoms with E-state index in [4.69, 9.17) is 47.4 Å². The van der Waals surface area contributed by atoms with Crippen molar-refractivity contribution in [2.24, 2.45) is 56.7 Å². The molecule has 2 spiro atoms. The number of ether oxygens (including phenoxy) is 10. The van der Waals surface area contributed by atoms with Crippen LogP contribution in [0.3, 0.4) is 0 Å². The fourth-order valence-electron chi connectivity index (χ4n) is 19.5. The Labute approximate surface area is 511 Å². The van der Waals surface area contributed by atoms with Crippen molar-refractivity contribution < 1.29 is 139 Å². The van der Waals surface area contributed by atoms with E-state index in [1.165, 1.54) is 13.8 Å². The first kappa shape index (κ1) is 68.3. The maximum absolute atomic E-state index is 12.6. The molecule has 28 nitrogen and oxygen atoms in total. The first-order valence-electron chi connectivity index (χ1n) is 31.9. The fraction of sp³-hybridized carbons (Fsp3) is 1.00. The molecule has 5 heterocycles. The molecule has 0 radical (unpaired) electrons. The van der Waals surface area contributed by atoms with Crippen molar-refractivity contribution in [1.29, 1.82) is 0 Å². The summed E-state index contributed by atoms with van der Waals surface area (Å²) < 4.78 is 61.4. The van der Waals surface area contributed by atoms with E-state index in [9.17, 15) is 91.9 Å². The third-order valence-corrected chi connectivity index (χ3v) is 24.9. The van der Waals surface area contributed by atoms with Crippen LogP contribution in [-0.2, 0) is 47.4 Å². The molecule has 508 valence electrons. The Hall–Kier alpha value is -1.12. The van der Waals surface area contributed by atoms with Crippen molar-refractivity contribution in [1.82, 2.24) is 0 Å². The van der Waals surface area contributed by atoms with Crippen LogP contribution in [0.15, 0.2) is 0 Å². The van der Waals surface area contributed by atoms with E-state index >= 15 is 0 Å². The zero-order valence-electron chi connectivity index (χ0n) is 51.1. The minimum Gasteiger partial charge on any atom is -0.396 e. The average Bonchev–Trinajstić information content (AvgIpc) is 1.48. The van der Waals surface area contributed by atoms with E-state index in [0.29, 0.717) is 25.7 Å². The topological polar surface area (TPSA) is 456 Å². The molecule has 88 heavy (non-hydrogen) atoms. The van der Waals surface area contributed by atoms with Gasteiger partial charge in [0.2, 0.25) is 0 Å². The largest absolute Gasteiger partial charge is 0.396 e. The number of aliphatic hydroxyl groups is 18. The van der Waals surface area contributed by atoms with E-state index in [-0.39, 0.29) is 47.0 Å². The van der Waals surface area contributed by atoms with Gasteiger partial charge in [-0.1, -0.05) is 20.8 Å². The Balaban J connectivity index is 0.835. The molecule has 0 aromatic carbocycles. The average molecular weight is 1270 g/mol. The van der Waals surface area contributed by atoms with E-state index in [0.717, 1.165) is 32.1 Å². The predicted molar refractivity (Wildman–Crippen MR) is 295 cm³/mol. The van der Waals surface area contributed by atoms with Crippen LogP contribution in [0.25, 0.3) is 0 Å². The van der Waals surface area contributed by atoms with Crippen molar-refractivity contribution in [3.05, 3.63) is 0 Å². The van der Waals surface area contributed by atoms with Crippen LogP contribution in [-0.4, -0.2) is 296 Å². The number of hydrogen-bond acceptors (Lipinski definition) is 28. The monoisotopic (exact) mass is 1270 g/mol. The van der Waals surface area contributed by atoms with E-state index in [2.05, 4.69) is 13.8 Å². The molecule has 5 aliphatic heterocycles. The third-order valence-electron chi connectivity index (χ3n) is 24.9. The van der Waals surface area contributed by atoms with Crippen LogP contribution >= 0.6 is 0 Å². The molecule has 0 aromatic heterocycles. The summed E-state index contributed by atoms with van der Waals surface area (Å²) in [5, 5.41) is 198. The lowest BCUT2D eigenvalue weighted by Gasteiger charge is -2.64. The number of aliphatic hydroxyl groups excluding tert-OH is 17. The molecular weight excluding hydrogens is 1170 g/mol. The van der Waals surface area contributed by atoms with E-state index < -0.39 is 220 Å². The van der Waals surface area contributed by atoms with Gasteiger partial charge in [0.15, 0.2) is 31.5 Å². The van der Waals surface area contributed by atoms with Gasteiger partial charge in [-0.15, -0.1) is 0 Å². The zero-order chi connectivity index (χ0) is 64.0. The molecule has 0 amide bonds. The van der Waals surface area contributed by atoms with Gasteiger partial charge in [0.25, 0.3) is 0 Å². The van der Waals surface area contributed by atoms with Gasteiger partial charge in [-0.3, -0.25) is 0 Å². The SMILES string of the molecule is CC1OC(OCC2OC(O[C@H]3CC[C@]45CC46CC[C@]4(C)C(C7C(O)[C@H](C(C)(C)O)C[C@@H]7OC7OC(CO)[C@H](O)[C@@H](O)[C@@H]7OC7OC(CO)C(O)[C@@H](O)[C@@H]7O)CC[C@@]4(C)C6CCC5[C@@]3(C)CO)[C@@H](OC3OC(C)[C@H](O)[C@H](O)[C@@H]3O)[C@H](O)[C@@H]2O)[C@@H](O)[C@@H](O)[C@H]1O. The molecule has 11 fully saturated rings. The van der Waals surface area contributed by atoms with Crippen molar-refractivity contribution >= 4 is 0 Å². The summed E-state index contributed by atoms with van der Waals surface area (Å²) in [5.74, 6) is -1.45. The summed E-state index contributed by atoms with van der Waals surface area (Å²) in [7, 11) is 0. The second-order valence-electron chi connectivity index (χ2n) is 29.5. The molecule has 0 bridgehead atoms. The van der Waals surface area contributed by atoms with Gasteiger partial charge in [-0.05, 0) is 131 Å². The standard InChI is InChI=1S/C60H100O28/c1-22-34(64)40(70)45(75)50(80-22)79-19-29-39(69)44(74)49(87-51-46(76)41(71)35(65)23(2)81-51)54(85-29)86-32-11-13-59-20-60(59)15-14-57(6)24(10-12-58(57,7)31(60)9-8-30(59)56(32,5)21-63)33-26(16-25(36(33)66)55(3,4)78)82-53-48(43(73)38(68)28(18-62)84-53)88-52-47(77)42(72)37(67)27(17-61)83-52/h22-54,61-78H,8-21H2,1-7H3/t22?,23?,24?,25-,26+,27?,28?,29?,30?,31?,32+,33?,34+,35+,36?,37?,38+,39-,40+,41+,42-,43-,44-,45+,46+,47+,48+,49+,50?,51?,52?,53?,54?,56-,57-,58+,59-,60?/m1/s1. The van der Waals surface area contributed by atoms with Gasteiger partial charge in [-0.25, -0.2) is 0 Å². The third kappa shape index (κ3) is 10.8. The molecule has 38 atom stereocenters. The van der Waals surface area contributed by atoms with E-state index in [1.807, 2.05) is 6.92 Å². The molecule has 18 N–H and O–H groups in total. The minimum absolute atomic E-state index is 0.0929. The van der Waals surface area contributed by atoms with Crippen molar-refractivity contribution in [2.75, 3.05) is 26.4 Å². The smallest absolute Gasteiger partial charge is 0.187 e. The normalized spacial score (nSPS) is 58.1. The van der Waals surface area contributed by atoms with Gasteiger partial charge in [0.1, 0.15) is 110 Å². The molecular formula is C60H100O28. The Kier molecular flexibility index (Phi) is 19.3. The molecule has 6 saturated carbocycles. The predicted octanol–water partition coefficient (Wildman–Crippen LogP) is -4.94. The molecule has 0 aromatic rings. The summed E-state index contributed by atoms with van der Waals surface area (Å²) in [6.45, 7) is 10.4. The van der Waals surface area contributed by atoms with Crippen LogP contribution in [0, 0.1) is 56.7 Å². The minimum atomic E-state index is -1.89. The number of hydrogen-bond donors (Lipinski definition) is 18. The molecule has 11 aliphatic rings. The van der Waals surface area contributed by atoms with Crippen LogP contribution in [0.1, 0.15) is 113 Å². The fourth-order valence-corrected chi connectivity index (χ4v) is 19.5. The first-order chi connectivity index (χ1) is 41.3. The van der Waals surface area contributed by atoms with Gasteiger partial charge >= 0.3 is 0 Å². The second kappa shape index (κ2) is 24.8. The lowest BCUT2D eigenvalue weighted by molar-refractivity contribution is -0.380.